The summed E-state index contributed by atoms with van der Waals surface area (Å²) in [5.41, 5.74) is -0.108. The molecule has 1 N–H and O–H groups in total. The molecule has 0 saturated heterocycles. The fourth-order valence-corrected chi connectivity index (χ4v) is 0.894. The average Bonchev–Trinajstić information content (AvgIpc) is 2.46. The second-order valence-corrected chi connectivity index (χ2v) is 2.45. The Morgan fingerprint density at radius 3 is 2.57 bits per heavy atom. The third kappa shape index (κ3) is 1.85. The van der Waals surface area contributed by atoms with Gasteiger partial charge in [0.05, 0.1) is 7.11 Å². The van der Waals surface area contributed by atoms with Crippen LogP contribution >= 0.6 is 0 Å². The maximum atomic E-state index is 11.0. The molecule has 0 spiro atoms. The first-order valence-electron chi connectivity index (χ1n) is 3.74. The second kappa shape index (κ2) is 3.82. The van der Waals surface area contributed by atoms with Crippen LogP contribution in [0.25, 0.3) is 0 Å². The molecule has 0 radical (unpaired) electrons. The highest BCUT2D eigenvalue weighted by Crippen LogP contribution is 2.15. The number of aromatic nitrogens is 1. The number of hydrogen-bond acceptors (Lipinski definition) is 5. The van der Waals surface area contributed by atoms with E-state index in [-0.39, 0.29) is 11.6 Å². The highest BCUT2D eigenvalue weighted by molar-refractivity contribution is 5.88. The first-order chi connectivity index (χ1) is 6.56. The van der Waals surface area contributed by atoms with Gasteiger partial charge in [-0.15, -0.1) is 4.73 Å². The van der Waals surface area contributed by atoms with Crippen molar-refractivity contribution < 1.29 is 24.3 Å². The van der Waals surface area contributed by atoms with Crippen LogP contribution in [0.15, 0.2) is 12.1 Å². The van der Waals surface area contributed by atoms with Gasteiger partial charge in [0.15, 0.2) is 5.69 Å². The predicted octanol–water partition coefficient (Wildman–Crippen LogP) is 0.437. The predicted molar refractivity (Wildman–Crippen MR) is 44.3 cm³/mol. The van der Waals surface area contributed by atoms with Gasteiger partial charge >= 0.3 is 11.9 Å². The minimum absolute atomic E-state index is 0.108. The van der Waals surface area contributed by atoms with Gasteiger partial charge in [-0.1, -0.05) is 0 Å². The van der Waals surface area contributed by atoms with Crippen molar-refractivity contribution in [1.29, 1.82) is 0 Å². The molecule has 0 aliphatic rings. The summed E-state index contributed by atoms with van der Waals surface area (Å²) >= 11 is 0. The summed E-state index contributed by atoms with van der Waals surface area (Å²) in [6, 6.07) is 2.57. The molecular weight excluding hydrogens is 190 g/mol. The number of carbonyl (C=O) groups is 2. The Kier molecular flexibility index (Phi) is 2.76. The van der Waals surface area contributed by atoms with Crippen molar-refractivity contribution in [3.63, 3.8) is 0 Å². The minimum Gasteiger partial charge on any atom is -0.464 e. The Labute approximate surface area is 79.6 Å². The Morgan fingerprint density at radius 1 is 1.43 bits per heavy atom. The van der Waals surface area contributed by atoms with Gasteiger partial charge in [0.2, 0.25) is 5.88 Å². The monoisotopic (exact) mass is 199 g/mol. The van der Waals surface area contributed by atoms with Crippen molar-refractivity contribution in [2.45, 2.75) is 6.92 Å². The summed E-state index contributed by atoms with van der Waals surface area (Å²) in [4.78, 5) is 21.5. The highest BCUT2D eigenvalue weighted by atomic mass is 16.6. The molecule has 0 saturated carbocycles. The van der Waals surface area contributed by atoms with Crippen LogP contribution in [0.5, 0.6) is 5.88 Å². The van der Waals surface area contributed by atoms with Gasteiger partial charge in [0, 0.05) is 13.0 Å². The molecule has 14 heavy (non-hydrogen) atoms. The summed E-state index contributed by atoms with van der Waals surface area (Å²) in [5, 5.41) is 9.32. The van der Waals surface area contributed by atoms with E-state index >= 15 is 0 Å². The molecule has 0 amide bonds. The first-order valence-corrected chi connectivity index (χ1v) is 3.74. The molecule has 6 nitrogen and oxygen atoms in total. The van der Waals surface area contributed by atoms with E-state index in [9.17, 15) is 14.8 Å². The van der Waals surface area contributed by atoms with E-state index in [0.29, 0.717) is 4.73 Å². The molecule has 1 rings (SSSR count). The third-order valence-corrected chi connectivity index (χ3v) is 1.46. The van der Waals surface area contributed by atoms with Crippen LogP contribution < -0.4 is 4.74 Å². The Morgan fingerprint density at radius 2 is 2.07 bits per heavy atom. The zero-order valence-corrected chi connectivity index (χ0v) is 7.68. The summed E-state index contributed by atoms with van der Waals surface area (Å²) in [5.74, 6) is -1.43. The van der Waals surface area contributed by atoms with Crippen LogP contribution in [0.4, 0.5) is 0 Å². The van der Waals surface area contributed by atoms with E-state index < -0.39 is 11.9 Å². The second-order valence-electron chi connectivity index (χ2n) is 2.45. The molecule has 0 aliphatic heterocycles. The number of nitrogens with zero attached hydrogens (tertiary/aromatic N) is 1. The summed E-state index contributed by atoms with van der Waals surface area (Å²) < 4.78 is 9.41. The Balaban J connectivity index is 2.96. The van der Waals surface area contributed by atoms with E-state index in [1.807, 2.05) is 0 Å². The molecule has 0 atom stereocenters. The van der Waals surface area contributed by atoms with Crippen molar-refractivity contribution in [1.82, 2.24) is 4.73 Å². The number of hydrogen-bond donors (Lipinski definition) is 1. The molecule has 0 aromatic carbocycles. The fraction of sp³-hybridized carbons (Fsp3) is 0.250. The zero-order valence-electron chi connectivity index (χ0n) is 7.68. The smallest absolute Gasteiger partial charge is 0.358 e. The third-order valence-electron chi connectivity index (χ3n) is 1.46. The number of ether oxygens (including phenoxy) is 2. The van der Waals surface area contributed by atoms with Gasteiger partial charge < -0.3 is 14.7 Å². The quantitative estimate of drug-likeness (QED) is 0.552. The summed E-state index contributed by atoms with van der Waals surface area (Å²) in [6.07, 6.45) is 0. The Bertz CT molecular complexity index is 368. The summed E-state index contributed by atoms with van der Waals surface area (Å²) in [6.45, 7) is 1.19. The normalized spacial score (nSPS) is 9.57. The van der Waals surface area contributed by atoms with Gasteiger partial charge in [-0.05, 0) is 6.07 Å². The van der Waals surface area contributed by atoms with Crippen molar-refractivity contribution in [2.75, 3.05) is 7.11 Å². The van der Waals surface area contributed by atoms with Gasteiger partial charge in [0.25, 0.3) is 0 Å². The molecule has 1 aromatic heterocycles. The molecular formula is C8H9NO5. The largest absolute Gasteiger partial charge is 0.464 e. The average molecular weight is 199 g/mol. The highest BCUT2D eigenvalue weighted by Gasteiger charge is 2.16. The van der Waals surface area contributed by atoms with E-state index in [2.05, 4.69) is 9.47 Å². The SMILES string of the molecule is COC(=O)c1ccc(OC(C)=O)n1O. The number of rotatable bonds is 2. The maximum absolute atomic E-state index is 11.0. The molecule has 76 valence electrons. The van der Waals surface area contributed by atoms with Crippen LogP contribution in [0.2, 0.25) is 0 Å². The lowest BCUT2D eigenvalue weighted by Gasteiger charge is -2.03. The molecule has 0 bridgehead atoms. The first kappa shape index (κ1) is 10.1. The van der Waals surface area contributed by atoms with E-state index in [4.69, 9.17) is 0 Å². The van der Waals surface area contributed by atoms with Gasteiger partial charge in [-0.3, -0.25) is 4.79 Å². The fourth-order valence-electron chi connectivity index (χ4n) is 0.894. The molecule has 0 unspecified atom stereocenters. The van der Waals surface area contributed by atoms with Crippen molar-refractivity contribution in [3.8, 4) is 5.88 Å². The van der Waals surface area contributed by atoms with E-state index in [0.717, 1.165) is 0 Å². The van der Waals surface area contributed by atoms with Crippen LogP contribution in [-0.4, -0.2) is 29.0 Å². The molecule has 6 heteroatoms. The lowest BCUT2D eigenvalue weighted by molar-refractivity contribution is -0.133. The van der Waals surface area contributed by atoms with Crippen LogP contribution in [0.3, 0.4) is 0 Å². The molecule has 0 aliphatic carbocycles. The van der Waals surface area contributed by atoms with Gasteiger partial charge in [-0.2, -0.15) is 0 Å². The topological polar surface area (TPSA) is 77.8 Å². The standard InChI is InChI=1S/C8H9NO5/c1-5(10)14-7-4-3-6(9(7)12)8(11)13-2/h3-4,12H,1-2H3. The minimum atomic E-state index is -0.717. The number of esters is 2. The van der Waals surface area contributed by atoms with E-state index in [1.165, 1.54) is 26.2 Å². The van der Waals surface area contributed by atoms with Crippen LogP contribution in [0, 0.1) is 0 Å². The Hall–Kier alpha value is -1.98. The van der Waals surface area contributed by atoms with Gasteiger partial charge in [-0.25, -0.2) is 4.79 Å². The van der Waals surface area contributed by atoms with Crippen molar-refractivity contribution in [2.24, 2.45) is 0 Å². The van der Waals surface area contributed by atoms with Crippen LogP contribution in [-0.2, 0) is 9.53 Å². The zero-order chi connectivity index (χ0) is 10.7. The van der Waals surface area contributed by atoms with Crippen LogP contribution in [0.1, 0.15) is 17.4 Å². The maximum Gasteiger partial charge on any atom is 0.358 e. The molecule has 0 fully saturated rings. The van der Waals surface area contributed by atoms with Crippen molar-refractivity contribution >= 4 is 11.9 Å². The lowest BCUT2D eigenvalue weighted by Crippen LogP contribution is -2.11. The summed E-state index contributed by atoms with van der Waals surface area (Å²) in [7, 11) is 1.18. The van der Waals surface area contributed by atoms with Gasteiger partial charge in [0.1, 0.15) is 0 Å². The van der Waals surface area contributed by atoms with Crippen molar-refractivity contribution in [3.05, 3.63) is 17.8 Å². The number of carbonyl (C=O) groups excluding carboxylic acids is 2. The molecule has 1 heterocycles. The molecule has 1 aromatic rings. The van der Waals surface area contributed by atoms with E-state index in [1.54, 1.807) is 0 Å². The lowest BCUT2D eigenvalue weighted by atomic mass is 10.4. The number of methoxy groups -OCH3 is 1.